The highest BCUT2D eigenvalue weighted by Crippen LogP contribution is 2.39. The Morgan fingerprint density at radius 3 is 3.00 bits per heavy atom. The fourth-order valence-corrected chi connectivity index (χ4v) is 3.28. The summed E-state index contributed by atoms with van der Waals surface area (Å²) in [6, 6.07) is 10.2. The zero-order chi connectivity index (χ0) is 14.1. The van der Waals surface area contributed by atoms with E-state index in [2.05, 4.69) is 33.0 Å². The number of aryl methyl sites for hydroxylation is 2. The Bertz CT molecular complexity index is 626. The molecule has 20 heavy (non-hydrogen) atoms. The van der Waals surface area contributed by atoms with Gasteiger partial charge in [-0.05, 0) is 55.0 Å². The Kier molecular flexibility index (Phi) is 3.90. The highest BCUT2D eigenvalue weighted by Gasteiger charge is 2.28. The molecule has 1 heterocycles. The van der Waals surface area contributed by atoms with Gasteiger partial charge < -0.3 is 5.11 Å². The maximum Gasteiger partial charge on any atom is 0.0873 e. The van der Waals surface area contributed by atoms with Gasteiger partial charge in [0.15, 0.2) is 0 Å². The number of pyridine rings is 1. The lowest BCUT2D eigenvalue weighted by atomic mass is 9.81. The van der Waals surface area contributed by atoms with Crippen molar-refractivity contribution in [3.05, 3.63) is 63.4 Å². The molecule has 1 aliphatic rings. The number of aliphatic hydroxyl groups excluding tert-OH is 1. The Labute approximate surface area is 128 Å². The number of aromatic nitrogens is 1. The van der Waals surface area contributed by atoms with Crippen molar-refractivity contribution in [3.63, 3.8) is 0 Å². The topological polar surface area (TPSA) is 33.1 Å². The second kappa shape index (κ2) is 5.66. The molecule has 2 nitrogen and oxygen atoms in total. The van der Waals surface area contributed by atoms with Crippen molar-refractivity contribution in [2.75, 3.05) is 0 Å². The molecule has 104 valence electrons. The molecule has 3 rings (SSSR count). The summed E-state index contributed by atoms with van der Waals surface area (Å²) in [4.78, 5) is 4.52. The summed E-state index contributed by atoms with van der Waals surface area (Å²) in [6.45, 7) is 2.05. The van der Waals surface area contributed by atoms with E-state index >= 15 is 0 Å². The van der Waals surface area contributed by atoms with E-state index in [1.54, 1.807) is 0 Å². The molecule has 2 unspecified atom stereocenters. The molecule has 0 amide bonds. The van der Waals surface area contributed by atoms with Crippen molar-refractivity contribution in [2.24, 2.45) is 0 Å². The summed E-state index contributed by atoms with van der Waals surface area (Å²) in [5.41, 5.74) is 4.50. The molecule has 3 heteroatoms. The lowest BCUT2D eigenvalue weighted by Crippen LogP contribution is -2.18. The van der Waals surface area contributed by atoms with Crippen LogP contribution in [0.2, 0.25) is 0 Å². The van der Waals surface area contributed by atoms with Gasteiger partial charge in [0.25, 0.3) is 0 Å². The molecule has 0 fully saturated rings. The molecule has 1 aromatic heterocycles. The summed E-state index contributed by atoms with van der Waals surface area (Å²) in [5, 5.41) is 10.8. The fraction of sp³-hybridized carbons (Fsp3) is 0.353. The zero-order valence-corrected chi connectivity index (χ0v) is 13.1. The van der Waals surface area contributed by atoms with E-state index in [9.17, 15) is 5.11 Å². The summed E-state index contributed by atoms with van der Waals surface area (Å²) >= 11 is 3.51. The minimum Gasteiger partial charge on any atom is -0.388 e. The quantitative estimate of drug-likeness (QED) is 0.889. The second-order valence-corrected chi connectivity index (χ2v) is 6.35. The van der Waals surface area contributed by atoms with Gasteiger partial charge in [0.1, 0.15) is 0 Å². The number of rotatable bonds is 2. The first kappa shape index (κ1) is 13.8. The first-order valence-corrected chi connectivity index (χ1v) is 7.84. The minimum absolute atomic E-state index is 0.112. The van der Waals surface area contributed by atoms with Crippen LogP contribution in [-0.2, 0) is 6.42 Å². The molecule has 2 atom stereocenters. The van der Waals surface area contributed by atoms with Gasteiger partial charge in [-0.25, -0.2) is 0 Å². The van der Waals surface area contributed by atoms with Crippen molar-refractivity contribution < 1.29 is 5.11 Å². The predicted molar refractivity (Wildman–Crippen MR) is 83.8 cm³/mol. The van der Waals surface area contributed by atoms with E-state index in [-0.39, 0.29) is 5.92 Å². The Hall–Kier alpha value is -1.19. The van der Waals surface area contributed by atoms with Crippen LogP contribution < -0.4 is 0 Å². The molecular weight excluding hydrogens is 314 g/mol. The van der Waals surface area contributed by atoms with Crippen LogP contribution in [-0.4, -0.2) is 10.1 Å². The summed E-state index contributed by atoms with van der Waals surface area (Å²) in [5.74, 6) is 0.112. The normalized spacial score (nSPS) is 19.4. The van der Waals surface area contributed by atoms with Crippen LogP contribution in [0, 0.1) is 6.92 Å². The minimum atomic E-state index is -0.476. The molecule has 1 N–H and O–H groups in total. The molecule has 2 aromatic rings. The van der Waals surface area contributed by atoms with E-state index < -0.39 is 6.10 Å². The number of benzene rings is 1. The van der Waals surface area contributed by atoms with Gasteiger partial charge in [-0.3, -0.25) is 4.98 Å². The van der Waals surface area contributed by atoms with Gasteiger partial charge >= 0.3 is 0 Å². The number of aliphatic hydroxyl groups is 1. The SMILES string of the molecule is Cc1cc(C(O)C2CCCc3cccnc32)ccc1Br. The largest absolute Gasteiger partial charge is 0.388 e. The first-order chi connectivity index (χ1) is 9.66. The summed E-state index contributed by atoms with van der Waals surface area (Å²) < 4.78 is 1.08. The standard InChI is InChI=1S/C17H18BrNO/c1-11-10-13(7-8-15(11)18)17(20)14-6-2-4-12-5-3-9-19-16(12)14/h3,5,7-10,14,17,20H,2,4,6H2,1H3. The first-order valence-electron chi connectivity index (χ1n) is 7.04. The highest BCUT2D eigenvalue weighted by atomic mass is 79.9. The van der Waals surface area contributed by atoms with E-state index in [1.807, 2.05) is 31.3 Å². The zero-order valence-electron chi connectivity index (χ0n) is 11.5. The summed E-state index contributed by atoms with van der Waals surface area (Å²) in [7, 11) is 0. The average molecular weight is 332 g/mol. The van der Waals surface area contributed by atoms with Crippen molar-refractivity contribution in [1.82, 2.24) is 4.98 Å². The maximum absolute atomic E-state index is 10.8. The van der Waals surface area contributed by atoms with Gasteiger partial charge in [0.05, 0.1) is 6.10 Å². The molecule has 0 spiro atoms. The molecular formula is C17H18BrNO. The third-order valence-electron chi connectivity index (χ3n) is 4.14. The molecule has 0 saturated carbocycles. The number of fused-ring (bicyclic) bond motifs is 1. The lowest BCUT2D eigenvalue weighted by molar-refractivity contribution is 0.134. The van der Waals surface area contributed by atoms with E-state index in [1.165, 1.54) is 5.56 Å². The van der Waals surface area contributed by atoms with Crippen LogP contribution in [0.25, 0.3) is 0 Å². The molecule has 1 aromatic carbocycles. The number of hydrogen-bond acceptors (Lipinski definition) is 2. The lowest BCUT2D eigenvalue weighted by Gasteiger charge is -2.28. The smallest absolute Gasteiger partial charge is 0.0873 e. The number of halogens is 1. The van der Waals surface area contributed by atoms with E-state index in [0.29, 0.717) is 0 Å². The second-order valence-electron chi connectivity index (χ2n) is 5.50. The number of hydrogen-bond donors (Lipinski definition) is 1. The van der Waals surface area contributed by atoms with Crippen LogP contribution >= 0.6 is 15.9 Å². The van der Waals surface area contributed by atoms with E-state index in [0.717, 1.165) is 40.6 Å². The van der Waals surface area contributed by atoms with Gasteiger partial charge in [0.2, 0.25) is 0 Å². The van der Waals surface area contributed by atoms with Gasteiger partial charge in [-0.2, -0.15) is 0 Å². The Morgan fingerprint density at radius 1 is 1.35 bits per heavy atom. The van der Waals surface area contributed by atoms with Crippen LogP contribution in [0.5, 0.6) is 0 Å². The Balaban J connectivity index is 1.95. The van der Waals surface area contributed by atoms with Crippen LogP contribution in [0.4, 0.5) is 0 Å². The van der Waals surface area contributed by atoms with Crippen LogP contribution in [0.3, 0.4) is 0 Å². The summed E-state index contributed by atoms with van der Waals surface area (Å²) in [6.07, 6.45) is 4.55. The molecule has 0 radical (unpaired) electrons. The average Bonchev–Trinajstić information content (AvgIpc) is 2.49. The van der Waals surface area contributed by atoms with Gasteiger partial charge in [0, 0.05) is 22.3 Å². The third-order valence-corrected chi connectivity index (χ3v) is 5.03. The molecule has 0 aliphatic heterocycles. The Morgan fingerprint density at radius 2 is 2.20 bits per heavy atom. The van der Waals surface area contributed by atoms with Crippen molar-refractivity contribution >= 4 is 15.9 Å². The van der Waals surface area contributed by atoms with Crippen LogP contribution in [0.1, 0.15) is 47.2 Å². The fourth-order valence-electron chi connectivity index (χ4n) is 3.04. The molecule has 1 aliphatic carbocycles. The molecule has 0 bridgehead atoms. The highest BCUT2D eigenvalue weighted by molar-refractivity contribution is 9.10. The van der Waals surface area contributed by atoms with Crippen LogP contribution in [0.15, 0.2) is 41.0 Å². The predicted octanol–water partition coefficient (Wildman–Crippen LogP) is 4.31. The molecule has 0 saturated heterocycles. The van der Waals surface area contributed by atoms with Crippen molar-refractivity contribution in [3.8, 4) is 0 Å². The monoisotopic (exact) mass is 331 g/mol. The van der Waals surface area contributed by atoms with Gasteiger partial charge in [-0.1, -0.05) is 34.1 Å². The number of nitrogens with zero attached hydrogens (tertiary/aromatic N) is 1. The van der Waals surface area contributed by atoms with Crippen molar-refractivity contribution in [1.29, 1.82) is 0 Å². The van der Waals surface area contributed by atoms with Gasteiger partial charge in [-0.15, -0.1) is 0 Å². The maximum atomic E-state index is 10.8. The third kappa shape index (κ3) is 2.52. The van der Waals surface area contributed by atoms with Crippen molar-refractivity contribution in [2.45, 2.75) is 38.2 Å². The van der Waals surface area contributed by atoms with E-state index in [4.69, 9.17) is 0 Å².